The minimum atomic E-state index is 0.170. The first-order chi connectivity index (χ1) is 11.7. The van der Waals surface area contributed by atoms with Gasteiger partial charge in [0, 0.05) is 42.8 Å². The molecule has 1 saturated heterocycles. The number of piperidine rings is 1. The van der Waals surface area contributed by atoms with Crippen molar-refractivity contribution in [2.45, 2.75) is 32.0 Å². The third kappa shape index (κ3) is 3.06. The highest BCUT2D eigenvalue weighted by atomic mass is 35.5. The van der Waals surface area contributed by atoms with Gasteiger partial charge < -0.3 is 4.90 Å². The number of rotatable bonds is 3. The zero-order chi connectivity index (χ0) is 16.5. The summed E-state index contributed by atoms with van der Waals surface area (Å²) >= 11 is 6.06. The monoisotopic (exact) mass is 340 g/mol. The summed E-state index contributed by atoms with van der Waals surface area (Å²) in [5.41, 5.74) is 3.25. The van der Waals surface area contributed by atoms with Gasteiger partial charge in [-0.1, -0.05) is 41.9 Å². The van der Waals surface area contributed by atoms with Crippen LogP contribution < -0.4 is 0 Å². The van der Waals surface area contributed by atoms with Crippen LogP contribution >= 0.6 is 11.6 Å². The van der Waals surface area contributed by atoms with E-state index in [1.54, 1.807) is 0 Å². The third-order valence-corrected chi connectivity index (χ3v) is 5.38. The second-order valence-corrected chi connectivity index (χ2v) is 7.16. The number of amides is 1. The van der Waals surface area contributed by atoms with Gasteiger partial charge in [0.25, 0.3) is 5.91 Å². The lowest BCUT2D eigenvalue weighted by atomic mass is 10.0. The van der Waals surface area contributed by atoms with Crippen LogP contribution in [-0.2, 0) is 13.1 Å². The Hall–Kier alpha value is -1.84. The molecule has 0 unspecified atom stereocenters. The minimum Gasteiger partial charge on any atom is -0.331 e. The van der Waals surface area contributed by atoms with Crippen molar-refractivity contribution in [1.29, 1.82) is 0 Å². The first-order valence-corrected chi connectivity index (χ1v) is 8.94. The second kappa shape index (κ2) is 6.58. The number of halogens is 1. The standard InChI is InChI=1S/C20H21ClN2O/c21-17-6-7-19-16(12-17)14-23(20(19)24)18-8-10-22(11-9-18)13-15-4-2-1-3-5-15/h1-7,12,18H,8-11,13-14H2. The SMILES string of the molecule is O=C1c2ccc(Cl)cc2CN1C1CCN(Cc2ccccc2)CC1. The second-order valence-electron chi connectivity index (χ2n) is 6.73. The average molecular weight is 341 g/mol. The highest BCUT2D eigenvalue weighted by Gasteiger charge is 2.34. The fourth-order valence-corrected chi connectivity index (χ4v) is 4.03. The van der Waals surface area contributed by atoms with Gasteiger partial charge in [-0.05, 0) is 42.2 Å². The van der Waals surface area contributed by atoms with Crippen LogP contribution in [0.1, 0.15) is 34.3 Å². The molecule has 0 atom stereocenters. The van der Waals surface area contributed by atoms with Gasteiger partial charge in [-0.3, -0.25) is 9.69 Å². The van der Waals surface area contributed by atoms with E-state index in [4.69, 9.17) is 11.6 Å². The number of nitrogens with zero attached hydrogens (tertiary/aromatic N) is 2. The van der Waals surface area contributed by atoms with Crippen LogP contribution in [0.2, 0.25) is 5.02 Å². The Labute approximate surface area is 147 Å². The Morgan fingerprint density at radius 3 is 2.54 bits per heavy atom. The van der Waals surface area contributed by atoms with E-state index in [1.165, 1.54) is 5.56 Å². The van der Waals surface area contributed by atoms with Crippen molar-refractivity contribution in [1.82, 2.24) is 9.80 Å². The molecule has 0 bridgehead atoms. The average Bonchev–Trinajstić information content (AvgIpc) is 2.92. The maximum atomic E-state index is 12.6. The molecule has 4 heteroatoms. The lowest BCUT2D eigenvalue weighted by molar-refractivity contribution is 0.0590. The molecule has 2 heterocycles. The van der Waals surface area contributed by atoms with Crippen LogP contribution in [0, 0.1) is 0 Å². The zero-order valence-corrected chi connectivity index (χ0v) is 14.4. The summed E-state index contributed by atoms with van der Waals surface area (Å²) in [6.07, 6.45) is 2.08. The number of fused-ring (bicyclic) bond motifs is 1. The molecule has 24 heavy (non-hydrogen) atoms. The fourth-order valence-electron chi connectivity index (χ4n) is 3.84. The molecule has 2 aromatic rings. The van der Waals surface area contributed by atoms with Gasteiger partial charge in [0.1, 0.15) is 0 Å². The van der Waals surface area contributed by atoms with Gasteiger partial charge in [-0.25, -0.2) is 0 Å². The molecule has 3 nitrogen and oxygen atoms in total. The van der Waals surface area contributed by atoms with Gasteiger partial charge in [0.2, 0.25) is 0 Å². The number of hydrogen-bond acceptors (Lipinski definition) is 2. The van der Waals surface area contributed by atoms with Crippen molar-refractivity contribution in [2.24, 2.45) is 0 Å². The maximum absolute atomic E-state index is 12.6. The van der Waals surface area contributed by atoms with Gasteiger partial charge in [0.15, 0.2) is 0 Å². The van der Waals surface area contributed by atoms with E-state index in [-0.39, 0.29) is 5.91 Å². The van der Waals surface area contributed by atoms with E-state index in [0.717, 1.165) is 43.6 Å². The molecule has 2 aromatic carbocycles. The molecule has 1 amide bonds. The highest BCUT2D eigenvalue weighted by molar-refractivity contribution is 6.30. The van der Waals surface area contributed by atoms with Gasteiger partial charge in [0.05, 0.1) is 0 Å². The molecule has 0 radical (unpaired) electrons. The quantitative estimate of drug-likeness (QED) is 0.844. The Morgan fingerprint density at radius 1 is 1.04 bits per heavy atom. The summed E-state index contributed by atoms with van der Waals surface area (Å²) in [6.45, 7) is 3.79. The predicted molar refractivity (Wildman–Crippen MR) is 96.1 cm³/mol. The van der Waals surface area contributed by atoms with E-state index >= 15 is 0 Å². The lowest BCUT2D eigenvalue weighted by Crippen LogP contribution is -2.44. The first kappa shape index (κ1) is 15.7. The lowest BCUT2D eigenvalue weighted by Gasteiger charge is -2.36. The number of likely N-dealkylation sites (tertiary alicyclic amines) is 1. The van der Waals surface area contributed by atoms with Crippen LogP contribution in [0.5, 0.6) is 0 Å². The molecule has 0 spiro atoms. The van der Waals surface area contributed by atoms with Crippen LogP contribution in [-0.4, -0.2) is 34.8 Å². The van der Waals surface area contributed by atoms with E-state index < -0.39 is 0 Å². The van der Waals surface area contributed by atoms with Crippen molar-refractivity contribution in [3.05, 3.63) is 70.2 Å². The molecule has 2 aliphatic rings. The normalized spacial score (nSPS) is 18.9. The van der Waals surface area contributed by atoms with Crippen LogP contribution in [0.3, 0.4) is 0 Å². The fraction of sp³-hybridized carbons (Fsp3) is 0.350. The van der Waals surface area contributed by atoms with Crippen molar-refractivity contribution >= 4 is 17.5 Å². The van der Waals surface area contributed by atoms with Crippen molar-refractivity contribution in [3.8, 4) is 0 Å². The van der Waals surface area contributed by atoms with Crippen molar-refractivity contribution in [3.63, 3.8) is 0 Å². The van der Waals surface area contributed by atoms with E-state index in [1.807, 2.05) is 23.1 Å². The summed E-state index contributed by atoms with van der Waals surface area (Å²) in [4.78, 5) is 17.2. The topological polar surface area (TPSA) is 23.6 Å². The molecule has 0 N–H and O–H groups in total. The molecular weight excluding hydrogens is 320 g/mol. The largest absolute Gasteiger partial charge is 0.331 e. The number of hydrogen-bond donors (Lipinski definition) is 0. The van der Waals surface area contributed by atoms with Crippen molar-refractivity contribution < 1.29 is 4.79 Å². The molecule has 124 valence electrons. The van der Waals surface area contributed by atoms with E-state index in [9.17, 15) is 4.79 Å². The molecule has 4 rings (SSSR count). The summed E-state index contributed by atoms with van der Waals surface area (Å²) in [5, 5.41) is 0.709. The Balaban J connectivity index is 1.38. The molecule has 0 saturated carbocycles. The third-order valence-electron chi connectivity index (χ3n) is 5.15. The number of benzene rings is 2. The van der Waals surface area contributed by atoms with Crippen molar-refractivity contribution in [2.75, 3.05) is 13.1 Å². The first-order valence-electron chi connectivity index (χ1n) is 8.56. The summed E-state index contributed by atoms with van der Waals surface area (Å²) < 4.78 is 0. The summed E-state index contributed by atoms with van der Waals surface area (Å²) in [5.74, 6) is 0.170. The maximum Gasteiger partial charge on any atom is 0.254 e. The van der Waals surface area contributed by atoms with E-state index in [0.29, 0.717) is 17.6 Å². The number of carbonyl (C=O) groups is 1. The molecule has 1 fully saturated rings. The summed E-state index contributed by atoms with van der Waals surface area (Å²) in [6, 6.07) is 16.5. The highest BCUT2D eigenvalue weighted by Crippen LogP contribution is 2.30. The van der Waals surface area contributed by atoms with Crippen LogP contribution in [0.25, 0.3) is 0 Å². The Kier molecular flexibility index (Phi) is 4.30. The van der Waals surface area contributed by atoms with Gasteiger partial charge >= 0.3 is 0 Å². The molecule has 0 aliphatic carbocycles. The van der Waals surface area contributed by atoms with Crippen LogP contribution in [0.15, 0.2) is 48.5 Å². The summed E-state index contributed by atoms with van der Waals surface area (Å²) in [7, 11) is 0. The van der Waals surface area contributed by atoms with Gasteiger partial charge in [-0.2, -0.15) is 0 Å². The Bertz CT molecular complexity index is 739. The minimum absolute atomic E-state index is 0.170. The molecular formula is C20H21ClN2O. The van der Waals surface area contributed by atoms with Crippen LogP contribution in [0.4, 0.5) is 0 Å². The van der Waals surface area contributed by atoms with Gasteiger partial charge in [-0.15, -0.1) is 0 Å². The molecule has 2 aliphatic heterocycles. The Morgan fingerprint density at radius 2 is 1.79 bits per heavy atom. The van der Waals surface area contributed by atoms with E-state index in [2.05, 4.69) is 35.2 Å². The molecule has 0 aromatic heterocycles. The smallest absolute Gasteiger partial charge is 0.254 e. The predicted octanol–water partition coefficient (Wildman–Crippen LogP) is 3.96. The number of carbonyl (C=O) groups excluding carboxylic acids is 1. The zero-order valence-electron chi connectivity index (χ0n) is 13.6.